The maximum Gasteiger partial charge on any atom is 0.159 e. The van der Waals surface area contributed by atoms with Crippen LogP contribution in [0, 0.1) is 17.5 Å². The van der Waals surface area contributed by atoms with Gasteiger partial charge in [0, 0.05) is 0 Å². The van der Waals surface area contributed by atoms with Crippen molar-refractivity contribution in [3.8, 4) is 0 Å². The van der Waals surface area contributed by atoms with E-state index in [-0.39, 0.29) is 10.6 Å². The van der Waals surface area contributed by atoms with Crippen LogP contribution in [0.3, 0.4) is 0 Å². The molecule has 1 nitrogen and oxygen atoms in total. The average Bonchev–Trinajstić information content (AvgIpc) is 2.34. The molecule has 0 radical (unpaired) electrons. The second-order valence-electron chi connectivity index (χ2n) is 3.67. The summed E-state index contributed by atoms with van der Waals surface area (Å²) in [4.78, 5) is 0.0576. The SMILES string of the molecule is O=S(Cc1ccc(F)c(F)c1)c1ccccc1F. The Morgan fingerprint density at radius 3 is 2.28 bits per heavy atom. The lowest BCUT2D eigenvalue weighted by atomic mass is 10.2. The van der Waals surface area contributed by atoms with Crippen LogP contribution < -0.4 is 0 Å². The summed E-state index contributed by atoms with van der Waals surface area (Å²) < 4.78 is 50.9. The van der Waals surface area contributed by atoms with Crippen molar-refractivity contribution in [3.05, 3.63) is 65.5 Å². The highest BCUT2D eigenvalue weighted by atomic mass is 32.2. The normalized spacial score (nSPS) is 12.4. The third-order valence-electron chi connectivity index (χ3n) is 2.36. The minimum absolute atomic E-state index is 0.0574. The molecule has 0 aromatic heterocycles. The molecule has 1 unspecified atom stereocenters. The summed E-state index contributed by atoms with van der Waals surface area (Å²) in [6.45, 7) is 0. The number of benzene rings is 2. The van der Waals surface area contributed by atoms with Crippen LogP contribution in [-0.4, -0.2) is 4.21 Å². The smallest absolute Gasteiger partial charge is 0.159 e. The van der Waals surface area contributed by atoms with Crippen molar-refractivity contribution in [2.24, 2.45) is 0 Å². The van der Waals surface area contributed by atoms with Gasteiger partial charge in [-0.05, 0) is 29.8 Å². The number of halogens is 3. The van der Waals surface area contributed by atoms with E-state index in [9.17, 15) is 17.4 Å². The molecule has 0 saturated heterocycles. The minimum Gasteiger partial charge on any atom is -0.254 e. The van der Waals surface area contributed by atoms with Crippen LogP contribution in [0.2, 0.25) is 0 Å². The first-order chi connectivity index (χ1) is 8.58. The van der Waals surface area contributed by atoms with Crippen molar-refractivity contribution in [2.75, 3.05) is 0 Å². The summed E-state index contributed by atoms with van der Waals surface area (Å²) in [7, 11) is -1.62. The summed E-state index contributed by atoms with van der Waals surface area (Å²) in [5.41, 5.74) is 0.357. The molecule has 0 aliphatic rings. The zero-order chi connectivity index (χ0) is 13.1. The maximum atomic E-state index is 13.4. The van der Waals surface area contributed by atoms with E-state index in [1.807, 2.05) is 0 Å². The molecule has 0 aliphatic heterocycles. The molecule has 0 bridgehead atoms. The fourth-order valence-corrected chi connectivity index (χ4v) is 2.64. The Morgan fingerprint density at radius 2 is 1.61 bits per heavy atom. The molecular formula is C13H9F3OS. The van der Waals surface area contributed by atoms with Crippen molar-refractivity contribution >= 4 is 10.8 Å². The predicted molar refractivity (Wildman–Crippen MR) is 62.9 cm³/mol. The summed E-state index contributed by atoms with van der Waals surface area (Å²) in [6.07, 6.45) is 0. The first-order valence-electron chi connectivity index (χ1n) is 5.15. The zero-order valence-electron chi connectivity index (χ0n) is 9.20. The number of hydrogen-bond donors (Lipinski definition) is 0. The van der Waals surface area contributed by atoms with E-state index in [0.717, 1.165) is 12.1 Å². The average molecular weight is 270 g/mol. The van der Waals surface area contributed by atoms with Gasteiger partial charge in [0.2, 0.25) is 0 Å². The van der Waals surface area contributed by atoms with Crippen LogP contribution >= 0.6 is 0 Å². The molecule has 2 rings (SSSR count). The fraction of sp³-hybridized carbons (Fsp3) is 0.0769. The van der Waals surface area contributed by atoms with E-state index < -0.39 is 28.3 Å². The molecule has 2 aromatic carbocycles. The Kier molecular flexibility index (Phi) is 3.81. The molecule has 0 heterocycles. The largest absolute Gasteiger partial charge is 0.254 e. The zero-order valence-corrected chi connectivity index (χ0v) is 10.0. The molecule has 94 valence electrons. The van der Waals surface area contributed by atoms with Gasteiger partial charge < -0.3 is 0 Å². The van der Waals surface area contributed by atoms with Gasteiger partial charge in [0.15, 0.2) is 11.6 Å². The Hall–Kier alpha value is -1.62. The molecule has 2 aromatic rings. The van der Waals surface area contributed by atoms with E-state index in [4.69, 9.17) is 0 Å². The quantitative estimate of drug-likeness (QED) is 0.835. The lowest BCUT2D eigenvalue weighted by molar-refractivity contribution is 0.507. The molecule has 1 atom stereocenters. The third kappa shape index (κ3) is 2.79. The number of rotatable bonds is 3. The van der Waals surface area contributed by atoms with E-state index in [1.165, 1.54) is 24.3 Å². The van der Waals surface area contributed by atoms with Gasteiger partial charge in [0.1, 0.15) is 5.82 Å². The van der Waals surface area contributed by atoms with Crippen LogP contribution in [-0.2, 0) is 16.6 Å². The Morgan fingerprint density at radius 1 is 0.889 bits per heavy atom. The van der Waals surface area contributed by atoms with Gasteiger partial charge in [0.25, 0.3) is 0 Å². The minimum atomic E-state index is -1.62. The highest BCUT2D eigenvalue weighted by molar-refractivity contribution is 7.84. The van der Waals surface area contributed by atoms with Crippen molar-refractivity contribution in [3.63, 3.8) is 0 Å². The third-order valence-corrected chi connectivity index (χ3v) is 3.78. The monoisotopic (exact) mass is 270 g/mol. The van der Waals surface area contributed by atoms with E-state index in [0.29, 0.717) is 5.56 Å². The van der Waals surface area contributed by atoms with Crippen LogP contribution in [0.5, 0.6) is 0 Å². The molecule has 18 heavy (non-hydrogen) atoms. The summed E-state index contributed by atoms with van der Waals surface area (Å²) in [5, 5.41) is 0. The maximum absolute atomic E-state index is 13.4. The van der Waals surface area contributed by atoms with Crippen LogP contribution in [0.25, 0.3) is 0 Å². The first-order valence-corrected chi connectivity index (χ1v) is 6.46. The topological polar surface area (TPSA) is 17.1 Å². The van der Waals surface area contributed by atoms with E-state index in [2.05, 4.69) is 0 Å². The van der Waals surface area contributed by atoms with E-state index >= 15 is 0 Å². The van der Waals surface area contributed by atoms with Crippen molar-refractivity contribution in [1.29, 1.82) is 0 Å². The first kappa shape index (κ1) is 12.8. The van der Waals surface area contributed by atoms with Crippen molar-refractivity contribution in [2.45, 2.75) is 10.6 Å². The van der Waals surface area contributed by atoms with Crippen molar-refractivity contribution in [1.82, 2.24) is 0 Å². The Labute approximate surface area is 105 Å². The second-order valence-corrected chi connectivity index (χ2v) is 5.09. The Bertz CT molecular complexity index is 599. The number of hydrogen-bond acceptors (Lipinski definition) is 1. The Balaban J connectivity index is 2.22. The molecule has 5 heteroatoms. The van der Waals surface area contributed by atoms with Gasteiger partial charge in [-0.25, -0.2) is 13.2 Å². The van der Waals surface area contributed by atoms with Gasteiger partial charge in [-0.15, -0.1) is 0 Å². The molecule has 0 fully saturated rings. The van der Waals surface area contributed by atoms with Gasteiger partial charge >= 0.3 is 0 Å². The molecule has 0 aliphatic carbocycles. The highest BCUT2D eigenvalue weighted by Gasteiger charge is 2.11. The van der Waals surface area contributed by atoms with Gasteiger partial charge in [-0.1, -0.05) is 18.2 Å². The highest BCUT2D eigenvalue weighted by Crippen LogP contribution is 2.17. The fourth-order valence-electron chi connectivity index (χ4n) is 1.49. The van der Waals surface area contributed by atoms with E-state index in [1.54, 1.807) is 6.07 Å². The molecule has 0 amide bonds. The lowest BCUT2D eigenvalue weighted by Crippen LogP contribution is -2.00. The van der Waals surface area contributed by atoms with Crippen LogP contribution in [0.1, 0.15) is 5.56 Å². The van der Waals surface area contributed by atoms with Gasteiger partial charge in [-0.2, -0.15) is 0 Å². The van der Waals surface area contributed by atoms with Crippen LogP contribution in [0.15, 0.2) is 47.4 Å². The molecule has 0 N–H and O–H groups in total. The molecule has 0 spiro atoms. The molecule has 0 saturated carbocycles. The predicted octanol–water partition coefficient (Wildman–Crippen LogP) is 3.41. The lowest BCUT2D eigenvalue weighted by Gasteiger charge is -2.04. The van der Waals surface area contributed by atoms with Gasteiger partial charge in [0.05, 0.1) is 21.4 Å². The van der Waals surface area contributed by atoms with Crippen LogP contribution in [0.4, 0.5) is 13.2 Å². The summed E-state index contributed by atoms with van der Waals surface area (Å²) >= 11 is 0. The second kappa shape index (κ2) is 5.35. The summed E-state index contributed by atoms with van der Waals surface area (Å²) in [5.74, 6) is -2.59. The molecular weight excluding hydrogens is 261 g/mol. The van der Waals surface area contributed by atoms with Gasteiger partial charge in [-0.3, -0.25) is 4.21 Å². The standard InChI is InChI=1S/C13H9F3OS/c14-10-6-5-9(7-12(10)16)8-18(17)13-4-2-1-3-11(13)15/h1-7H,8H2. The van der Waals surface area contributed by atoms with Crippen molar-refractivity contribution < 1.29 is 17.4 Å². The summed E-state index contributed by atoms with van der Waals surface area (Å²) in [6, 6.07) is 8.94.